The van der Waals surface area contributed by atoms with Gasteiger partial charge in [-0.15, -0.1) is 0 Å². The van der Waals surface area contributed by atoms with Gasteiger partial charge in [0.05, 0.1) is 0 Å². The van der Waals surface area contributed by atoms with Gasteiger partial charge in [0.2, 0.25) is 0 Å². The Hall–Kier alpha value is -0.550. The van der Waals surface area contributed by atoms with Crippen molar-refractivity contribution in [1.29, 1.82) is 0 Å². The van der Waals surface area contributed by atoms with Gasteiger partial charge in [-0.2, -0.15) is 0 Å². The largest absolute Gasteiger partial charge is 0.370 e. The summed E-state index contributed by atoms with van der Waals surface area (Å²) >= 11 is 0. The van der Waals surface area contributed by atoms with Crippen molar-refractivity contribution in [3.05, 3.63) is 24.3 Å². The van der Waals surface area contributed by atoms with Crippen molar-refractivity contribution in [2.75, 3.05) is 18.0 Å². The van der Waals surface area contributed by atoms with E-state index < -0.39 is 0 Å². The Morgan fingerprint density at radius 3 is 1.43 bits per heavy atom. The van der Waals surface area contributed by atoms with E-state index >= 15 is 0 Å². The number of nitrogens with zero attached hydrogens (tertiary/aromatic N) is 1. The minimum Gasteiger partial charge on any atom is -0.370 e. The van der Waals surface area contributed by atoms with Crippen LogP contribution in [0.25, 0.3) is 0 Å². The number of benzene rings is 1. The van der Waals surface area contributed by atoms with E-state index in [9.17, 15) is 0 Å². The van der Waals surface area contributed by atoms with Crippen molar-refractivity contribution >= 4 is 18.9 Å². The molecular formula is C33H48NP. The normalized spacial score (nSPS) is 50.6. The van der Waals surface area contributed by atoms with Crippen molar-refractivity contribution in [1.82, 2.24) is 0 Å². The molecule has 1 aromatic rings. The molecule has 190 valence electrons. The molecule has 0 radical (unpaired) electrons. The van der Waals surface area contributed by atoms with E-state index in [4.69, 9.17) is 0 Å². The van der Waals surface area contributed by atoms with Crippen LogP contribution in [-0.4, -0.2) is 23.4 Å². The molecule has 0 spiro atoms. The Morgan fingerprint density at radius 1 is 0.600 bits per heavy atom. The van der Waals surface area contributed by atoms with Crippen LogP contribution in [-0.2, 0) is 0 Å². The first kappa shape index (κ1) is 22.4. The molecular weight excluding hydrogens is 441 g/mol. The van der Waals surface area contributed by atoms with Crippen LogP contribution in [0.4, 0.5) is 5.69 Å². The number of para-hydroxylation sites is 1. The highest BCUT2D eigenvalue weighted by Crippen LogP contribution is 2.78. The highest BCUT2D eigenvalue weighted by atomic mass is 31.1. The lowest BCUT2D eigenvalue weighted by molar-refractivity contribution is 0.0195. The van der Waals surface area contributed by atoms with E-state index in [0.717, 1.165) is 47.3 Å². The van der Waals surface area contributed by atoms with Gasteiger partial charge in [0.1, 0.15) is 0 Å². The highest BCUT2D eigenvalue weighted by molar-refractivity contribution is 7.69. The molecule has 1 aromatic carbocycles. The Labute approximate surface area is 216 Å². The van der Waals surface area contributed by atoms with E-state index in [1.165, 1.54) is 19.5 Å². The van der Waals surface area contributed by atoms with Crippen LogP contribution in [0.2, 0.25) is 0 Å². The monoisotopic (exact) mass is 489 g/mol. The molecule has 0 aromatic heterocycles. The summed E-state index contributed by atoms with van der Waals surface area (Å²) in [6, 6.07) is 10.1. The molecule has 1 saturated heterocycles. The van der Waals surface area contributed by atoms with Gasteiger partial charge in [0.25, 0.3) is 0 Å². The summed E-state index contributed by atoms with van der Waals surface area (Å²) in [5, 5.41) is 3.25. The average molecular weight is 490 g/mol. The molecule has 9 fully saturated rings. The fraction of sp³-hybridized carbons (Fsp3) is 0.818. The van der Waals surface area contributed by atoms with E-state index in [0.29, 0.717) is 10.3 Å². The minimum absolute atomic E-state index is 0.120. The fourth-order valence-electron chi connectivity index (χ4n) is 12.5. The second-order valence-electron chi connectivity index (χ2n) is 15.5. The van der Waals surface area contributed by atoms with Crippen molar-refractivity contribution in [3.8, 4) is 0 Å². The molecule has 8 aliphatic carbocycles. The summed E-state index contributed by atoms with van der Waals surface area (Å²) in [5.74, 6) is 8.09. The molecule has 0 amide bonds. The molecule has 0 N–H and O–H groups in total. The number of anilines is 1. The SMILES string of the molecule is C[C@@H]1C[C@H](C)CN(c2ccccc2P(C23CC4CC(CC(C4)C2)C3)C23CC4CC(CC(C4)C2)C3)C1. The quantitative estimate of drug-likeness (QED) is 0.385. The summed E-state index contributed by atoms with van der Waals surface area (Å²) in [7, 11) is -0.120. The predicted molar refractivity (Wildman–Crippen MR) is 150 cm³/mol. The fourth-order valence-corrected chi connectivity index (χ4v) is 17.8. The number of piperidine rings is 1. The van der Waals surface area contributed by atoms with Crippen molar-refractivity contribution in [3.63, 3.8) is 0 Å². The van der Waals surface area contributed by atoms with Gasteiger partial charge in [-0.3, -0.25) is 0 Å². The third kappa shape index (κ3) is 3.56. The van der Waals surface area contributed by atoms with Crippen molar-refractivity contribution in [2.45, 2.75) is 108 Å². The highest BCUT2D eigenvalue weighted by Gasteiger charge is 2.63. The lowest BCUT2D eigenvalue weighted by atomic mass is 9.55. The van der Waals surface area contributed by atoms with Crippen LogP contribution < -0.4 is 10.2 Å². The van der Waals surface area contributed by atoms with Crippen LogP contribution >= 0.6 is 7.92 Å². The maximum absolute atomic E-state index is 2.88. The zero-order valence-corrected chi connectivity index (χ0v) is 23.3. The standard InChI is InChI=1S/C33H48NP/c1-22-7-23(2)21-34(20-22)30-5-3-4-6-31(30)35(32-14-24-8-25(15-32)10-26(9-24)16-32)33-17-27-11-28(18-33)13-29(12-27)19-33/h3-6,22-29H,7-21H2,1-2H3/t22-,23+,24?,25?,26?,27?,28?,29?,32?,33?,35?. The van der Waals surface area contributed by atoms with Gasteiger partial charge in [-0.25, -0.2) is 0 Å². The van der Waals surface area contributed by atoms with Crippen LogP contribution in [0.1, 0.15) is 97.3 Å². The Morgan fingerprint density at radius 2 is 1.00 bits per heavy atom. The first-order valence-corrected chi connectivity index (χ1v) is 17.0. The molecule has 1 heterocycles. The molecule has 1 aliphatic heterocycles. The number of hydrogen-bond donors (Lipinski definition) is 0. The average Bonchev–Trinajstić information content (AvgIpc) is 2.76. The molecule has 1 nitrogen and oxygen atoms in total. The van der Waals surface area contributed by atoms with Gasteiger partial charge in [-0.1, -0.05) is 40.0 Å². The van der Waals surface area contributed by atoms with Gasteiger partial charge in [0, 0.05) is 24.1 Å². The molecule has 10 rings (SSSR count). The second-order valence-corrected chi connectivity index (χ2v) is 18.5. The molecule has 9 aliphatic rings. The molecule has 2 heteroatoms. The van der Waals surface area contributed by atoms with Gasteiger partial charge in [0.15, 0.2) is 0 Å². The van der Waals surface area contributed by atoms with Gasteiger partial charge < -0.3 is 4.90 Å². The molecule has 8 saturated carbocycles. The lowest BCUT2D eigenvalue weighted by Crippen LogP contribution is -2.58. The zero-order valence-electron chi connectivity index (χ0n) is 22.4. The molecule has 8 bridgehead atoms. The summed E-state index contributed by atoms with van der Waals surface area (Å²) in [5.41, 5.74) is 1.70. The third-order valence-electron chi connectivity index (χ3n) is 12.3. The second kappa shape index (κ2) is 7.98. The van der Waals surface area contributed by atoms with Gasteiger partial charge >= 0.3 is 0 Å². The van der Waals surface area contributed by atoms with Gasteiger partial charge in [-0.05, 0) is 147 Å². The summed E-state index contributed by atoms with van der Waals surface area (Å²) in [6.45, 7) is 7.58. The van der Waals surface area contributed by atoms with E-state index in [1.54, 1.807) is 82.7 Å². The number of rotatable bonds is 4. The van der Waals surface area contributed by atoms with E-state index in [1.807, 2.05) is 5.30 Å². The predicted octanol–water partition coefficient (Wildman–Crippen LogP) is 8.21. The lowest BCUT2D eigenvalue weighted by Gasteiger charge is -2.67. The van der Waals surface area contributed by atoms with Crippen LogP contribution in [0, 0.1) is 47.3 Å². The Balaban J connectivity index is 1.27. The third-order valence-corrected chi connectivity index (χ3v) is 16.1. The first-order chi connectivity index (χ1) is 17.0. The first-order valence-electron chi connectivity index (χ1n) is 15.6. The Kier molecular flexibility index (Phi) is 5.11. The topological polar surface area (TPSA) is 3.24 Å². The maximum Gasteiger partial charge on any atom is 0.0444 e. The summed E-state index contributed by atoms with van der Waals surface area (Å²) < 4.78 is 0. The molecule has 2 atom stereocenters. The Bertz CT molecular complexity index is 856. The zero-order chi connectivity index (χ0) is 23.4. The number of hydrogen-bond acceptors (Lipinski definition) is 1. The van der Waals surface area contributed by atoms with E-state index in [-0.39, 0.29) is 7.92 Å². The summed E-state index contributed by atoms with van der Waals surface area (Å²) in [4.78, 5) is 2.88. The maximum atomic E-state index is 2.88. The van der Waals surface area contributed by atoms with Crippen molar-refractivity contribution < 1.29 is 0 Å². The minimum atomic E-state index is -0.120. The van der Waals surface area contributed by atoms with Crippen LogP contribution in [0.3, 0.4) is 0 Å². The van der Waals surface area contributed by atoms with E-state index in [2.05, 4.69) is 43.0 Å². The van der Waals surface area contributed by atoms with Crippen LogP contribution in [0.5, 0.6) is 0 Å². The smallest absolute Gasteiger partial charge is 0.0444 e. The van der Waals surface area contributed by atoms with Crippen LogP contribution in [0.15, 0.2) is 24.3 Å². The molecule has 35 heavy (non-hydrogen) atoms. The molecule has 0 unspecified atom stereocenters. The van der Waals surface area contributed by atoms with Crippen molar-refractivity contribution in [2.24, 2.45) is 47.3 Å². The summed E-state index contributed by atoms with van der Waals surface area (Å²) in [6.07, 6.45) is 20.6.